The number of rotatable bonds is 8. The van der Waals surface area contributed by atoms with Crippen molar-refractivity contribution in [2.75, 3.05) is 24.3 Å². The molecule has 0 aliphatic carbocycles. The van der Waals surface area contributed by atoms with Crippen LogP contribution in [-0.4, -0.2) is 28.8 Å². The molecule has 6 nitrogen and oxygen atoms in total. The Balaban J connectivity index is 1.49. The number of hydrogen-bond donors (Lipinski definition) is 2. The maximum absolute atomic E-state index is 12.9. The smallest absolute Gasteiger partial charge is 0.244 e. The molecule has 0 amide bonds. The quantitative estimate of drug-likeness (QED) is 0.647. The molecule has 2 aromatic carbocycles. The summed E-state index contributed by atoms with van der Waals surface area (Å²) in [7, 11) is 1.65. The number of benzene rings is 2. The van der Waals surface area contributed by atoms with Crippen LogP contribution in [-0.2, 0) is 13.0 Å². The third kappa shape index (κ3) is 5.14. The van der Waals surface area contributed by atoms with Crippen molar-refractivity contribution in [1.82, 2.24) is 15.2 Å². The van der Waals surface area contributed by atoms with Crippen LogP contribution in [0.3, 0.4) is 0 Å². The first-order valence-corrected chi connectivity index (χ1v) is 8.28. The minimum absolute atomic E-state index is 0.249. The van der Waals surface area contributed by atoms with Gasteiger partial charge in [0.05, 0.1) is 13.3 Å². The number of aromatic nitrogens is 3. The average Bonchev–Trinajstić information content (AvgIpc) is 2.68. The first-order chi connectivity index (χ1) is 12.7. The predicted octanol–water partition coefficient (Wildman–Crippen LogP) is 3.29. The Morgan fingerprint density at radius 2 is 1.69 bits per heavy atom. The van der Waals surface area contributed by atoms with Crippen LogP contribution in [0, 0.1) is 5.82 Å². The lowest BCUT2D eigenvalue weighted by molar-refractivity contribution is 0.414. The summed E-state index contributed by atoms with van der Waals surface area (Å²) in [6, 6.07) is 14.3. The number of halogens is 1. The second-order valence-corrected chi connectivity index (χ2v) is 5.67. The van der Waals surface area contributed by atoms with Crippen LogP contribution < -0.4 is 15.4 Å². The van der Waals surface area contributed by atoms with Crippen LogP contribution in [0.2, 0.25) is 0 Å². The summed E-state index contributed by atoms with van der Waals surface area (Å²) in [4.78, 5) is 4.37. The second kappa shape index (κ2) is 8.75. The van der Waals surface area contributed by atoms with E-state index in [1.807, 2.05) is 24.3 Å². The third-order valence-corrected chi connectivity index (χ3v) is 3.80. The van der Waals surface area contributed by atoms with E-state index in [1.54, 1.807) is 25.4 Å². The maximum Gasteiger partial charge on any atom is 0.244 e. The van der Waals surface area contributed by atoms with Crippen LogP contribution in [0.5, 0.6) is 5.75 Å². The highest BCUT2D eigenvalue weighted by Gasteiger charge is 2.02. The fourth-order valence-corrected chi connectivity index (χ4v) is 2.37. The summed E-state index contributed by atoms with van der Waals surface area (Å²) < 4.78 is 18.1. The number of ether oxygens (including phenoxy) is 1. The summed E-state index contributed by atoms with van der Waals surface area (Å²) in [6.45, 7) is 1.22. The van der Waals surface area contributed by atoms with Crippen molar-refractivity contribution in [2.45, 2.75) is 13.0 Å². The molecule has 134 valence electrons. The highest BCUT2D eigenvalue weighted by Crippen LogP contribution is 2.12. The lowest BCUT2D eigenvalue weighted by Gasteiger charge is -2.08. The molecule has 0 spiro atoms. The third-order valence-electron chi connectivity index (χ3n) is 3.80. The molecule has 0 saturated heterocycles. The molecule has 0 radical (unpaired) electrons. The standard InChI is InChI=1S/C19H20FN5O/c1-26-17-8-4-14(5-9-17)10-11-21-19-24-18(13-23-25-19)22-12-15-2-6-16(20)7-3-15/h2-9,13H,10-12H2,1H3,(H2,21,22,24,25). The van der Waals surface area contributed by atoms with Crippen molar-refractivity contribution in [3.8, 4) is 5.75 Å². The zero-order chi connectivity index (χ0) is 18.2. The van der Waals surface area contributed by atoms with E-state index in [0.717, 1.165) is 17.7 Å². The van der Waals surface area contributed by atoms with Crippen molar-refractivity contribution >= 4 is 11.8 Å². The topological polar surface area (TPSA) is 72.0 Å². The van der Waals surface area contributed by atoms with E-state index < -0.39 is 0 Å². The lowest BCUT2D eigenvalue weighted by Crippen LogP contribution is -2.10. The van der Waals surface area contributed by atoms with Crippen LogP contribution in [0.4, 0.5) is 16.2 Å². The SMILES string of the molecule is COc1ccc(CCNc2nncc(NCc3ccc(F)cc3)n2)cc1. The average molecular weight is 353 g/mol. The van der Waals surface area contributed by atoms with Gasteiger partial charge in [-0.15, -0.1) is 5.10 Å². The molecule has 3 aromatic rings. The zero-order valence-electron chi connectivity index (χ0n) is 14.4. The number of hydrogen-bond acceptors (Lipinski definition) is 6. The van der Waals surface area contributed by atoms with Crippen molar-refractivity contribution in [3.05, 3.63) is 71.7 Å². The summed E-state index contributed by atoms with van der Waals surface area (Å²) in [5, 5.41) is 14.2. The Bertz CT molecular complexity index is 824. The largest absolute Gasteiger partial charge is 0.497 e. The van der Waals surface area contributed by atoms with Crippen molar-refractivity contribution < 1.29 is 9.13 Å². The van der Waals surface area contributed by atoms with Crippen LogP contribution in [0.1, 0.15) is 11.1 Å². The van der Waals surface area contributed by atoms with E-state index in [9.17, 15) is 4.39 Å². The van der Waals surface area contributed by atoms with Gasteiger partial charge in [0.2, 0.25) is 5.95 Å². The minimum Gasteiger partial charge on any atom is -0.497 e. The molecule has 0 saturated carbocycles. The summed E-state index contributed by atoms with van der Waals surface area (Å²) in [5.74, 6) is 1.66. The first-order valence-electron chi connectivity index (χ1n) is 8.28. The van der Waals surface area contributed by atoms with Gasteiger partial charge < -0.3 is 15.4 Å². The molecule has 3 rings (SSSR count). The summed E-state index contributed by atoms with van der Waals surface area (Å²) >= 11 is 0. The molecule has 0 fully saturated rings. The van der Waals surface area contributed by atoms with E-state index >= 15 is 0 Å². The summed E-state index contributed by atoms with van der Waals surface area (Å²) in [6.07, 6.45) is 2.39. The zero-order valence-corrected chi connectivity index (χ0v) is 14.4. The second-order valence-electron chi connectivity index (χ2n) is 5.67. The van der Waals surface area contributed by atoms with Crippen LogP contribution >= 0.6 is 0 Å². The number of methoxy groups -OCH3 is 1. The van der Waals surface area contributed by atoms with Crippen molar-refractivity contribution in [2.24, 2.45) is 0 Å². The monoisotopic (exact) mass is 353 g/mol. The molecular weight excluding hydrogens is 333 g/mol. The fraction of sp³-hybridized carbons (Fsp3) is 0.211. The Hall–Kier alpha value is -3.22. The Labute approximate surface area is 151 Å². The van der Waals surface area contributed by atoms with Gasteiger partial charge in [-0.3, -0.25) is 0 Å². The van der Waals surface area contributed by atoms with Gasteiger partial charge in [0.15, 0.2) is 5.82 Å². The summed E-state index contributed by atoms with van der Waals surface area (Å²) in [5.41, 5.74) is 2.15. The highest BCUT2D eigenvalue weighted by atomic mass is 19.1. The highest BCUT2D eigenvalue weighted by molar-refractivity contribution is 5.38. The van der Waals surface area contributed by atoms with Crippen molar-refractivity contribution in [3.63, 3.8) is 0 Å². The van der Waals surface area contributed by atoms with Gasteiger partial charge in [-0.05, 0) is 41.8 Å². The van der Waals surface area contributed by atoms with Gasteiger partial charge in [-0.2, -0.15) is 10.1 Å². The molecular formula is C19H20FN5O. The Morgan fingerprint density at radius 3 is 2.42 bits per heavy atom. The van der Waals surface area contributed by atoms with Gasteiger partial charge >= 0.3 is 0 Å². The van der Waals surface area contributed by atoms with E-state index in [0.29, 0.717) is 24.9 Å². The van der Waals surface area contributed by atoms with Gasteiger partial charge in [0.1, 0.15) is 11.6 Å². The van der Waals surface area contributed by atoms with Crippen molar-refractivity contribution in [1.29, 1.82) is 0 Å². The molecule has 26 heavy (non-hydrogen) atoms. The van der Waals surface area contributed by atoms with Crippen LogP contribution in [0.25, 0.3) is 0 Å². The van der Waals surface area contributed by atoms with Crippen LogP contribution in [0.15, 0.2) is 54.7 Å². The van der Waals surface area contributed by atoms with E-state index in [1.165, 1.54) is 17.7 Å². The number of anilines is 2. The molecule has 2 N–H and O–H groups in total. The van der Waals surface area contributed by atoms with Gasteiger partial charge in [-0.1, -0.05) is 24.3 Å². The molecule has 0 unspecified atom stereocenters. The van der Waals surface area contributed by atoms with Gasteiger partial charge in [0, 0.05) is 13.1 Å². The normalized spacial score (nSPS) is 10.4. The lowest BCUT2D eigenvalue weighted by atomic mass is 10.1. The molecule has 1 aromatic heterocycles. The Morgan fingerprint density at radius 1 is 0.962 bits per heavy atom. The predicted molar refractivity (Wildman–Crippen MR) is 98.7 cm³/mol. The van der Waals surface area contributed by atoms with E-state index in [-0.39, 0.29) is 5.82 Å². The first kappa shape index (κ1) is 17.6. The minimum atomic E-state index is -0.249. The number of nitrogens with one attached hydrogen (secondary N) is 2. The molecule has 0 aliphatic heterocycles. The Kier molecular flexibility index (Phi) is 5.92. The fourth-order valence-electron chi connectivity index (χ4n) is 2.37. The van der Waals surface area contributed by atoms with Gasteiger partial charge in [0.25, 0.3) is 0 Å². The maximum atomic E-state index is 12.9. The van der Waals surface area contributed by atoms with E-state index in [4.69, 9.17) is 4.74 Å². The molecule has 1 heterocycles. The van der Waals surface area contributed by atoms with E-state index in [2.05, 4.69) is 25.8 Å². The number of nitrogens with zero attached hydrogens (tertiary/aromatic N) is 3. The molecule has 0 aliphatic rings. The molecule has 7 heteroatoms. The van der Waals surface area contributed by atoms with Gasteiger partial charge in [-0.25, -0.2) is 4.39 Å². The molecule has 0 bridgehead atoms. The molecule has 0 atom stereocenters.